The number of nitrogens with one attached hydrogen (secondary N) is 2. The summed E-state index contributed by atoms with van der Waals surface area (Å²) in [5, 5.41) is 5.70. The molecule has 1 unspecified atom stereocenters. The Morgan fingerprint density at radius 1 is 1.09 bits per heavy atom. The van der Waals surface area contributed by atoms with Gasteiger partial charge in [-0.3, -0.25) is 0 Å². The number of rotatable bonds is 6. The average molecular weight is 504 g/mol. The number of halogens is 6. The minimum atomic E-state index is -4.94. The highest BCUT2D eigenvalue weighted by atomic mass is 19.4. The van der Waals surface area contributed by atoms with E-state index in [1.807, 2.05) is 30.3 Å². The lowest BCUT2D eigenvalue weighted by atomic mass is 9.82. The lowest BCUT2D eigenvalue weighted by Gasteiger charge is -2.41. The second kappa shape index (κ2) is 10.4. The molecule has 0 saturated carbocycles. The maximum absolute atomic E-state index is 13.3. The number of carbonyl (C=O) groups excluding carboxylic acids is 1. The van der Waals surface area contributed by atoms with E-state index in [-0.39, 0.29) is 18.2 Å². The zero-order chi connectivity index (χ0) is 25.9. The van der Waals surface area contributed by atoms with E-state index in [0.29, 0.717) is 31.5 Å². The van der Waals surface area contributed by atoms with Gasteiger partial charge in [0.25, 0.3) is 0 Å². The molecule has 0 bridgehead atoms. The van der Waals surface area contributed by atoms with Gasteiger partial charge in [-0.15, -0.1) is 0 Å². The Balaban J connectivity index is 1.83. The Kier molecular flexibility index (Phi) is 8.00. The summed E-state index contributed by atoms with van der Waals surface area (Å²) in [4.78, 5) is 11.5. The Morgan fingerprint density at radius 3 is 2.17 bits per heavy atom. The maximum atomic E-state index is 13.3. The first-order valence-electron chi connectivity index (χ1n) is 10.9. The third kappa shape index (κ3) is 6.66. The zero-order valence-electron chi connectivity index (χ0n) is 19.1. The van der Waals surface area contributed by atoms with E-state index < -0.39 is 47.3 Å². The SMILES string of the molecule is CNC(=O)OC1CC[C@@](CO[C@H](C)c2cc(C(F)(F)F)cc(C(F)(F)F)c2)(c2ccccc2)NC1. The number of alkyl carbamates (subject to hydrolysis) is 1. The van der Waals surface area contributed by atoms with Gasteiger partial charge in [-0.05, 0) is 49.1 Å². The van der Waals surface area contributed by atoms with Gasteiger partial charge in [-0.2, -0.15) is 26.3 Å². The number of alkyl halides is 6. The maximum Gasteiger partial charge on any atom is 0.416 e. The Hall–Kier alpha value is -2.79. The summed E-state index contributed by atoms with van der Waals surface area (Å²) < 4.78 is 90.7. The molecule has 1 amide bonds. The van der Waals surface area contributed by atoms with Crippen molar-refractivity contribution in [3.63, 3.8) is 0 Å². The fraction of sp³-hybridized carbons (Fsp3) is 0.458. The fourth-order valence-corrected chi connectivity index (χ4v) is 4.01. The fourth-order valence-electron chi connectivity index (χ4n) is 4.01. The molecule has 2 aromatic rings. The van der Waals surface area contributed by atoms with Gasteiger partial charge in [-0.1, -0.05) is 30.3 Å². The molecule has 3 rings (SSSR count). The molecule has 2 aromatic carbocycles. The molecule has 192 valence electrons. The van der Waals surface area contributed by atoms with E-state index in [1.54, 1.807) is 0 Å². The smallest absolute Gasteiger partial charge is 0.416 e. The molecule has 1 heterocycles. The molecule has 0 aromatic heterocycles. The molecular weight excluding hydrogens is 478 g/mol. The van der Waals surface area contributed by atoms with Gasteiger partial charge in [0.2, 0.25) is 0 Å². The highest BCUT2D eigenvalue weighted by molar-refractivity contribution is 5.66. The summed E-state index contributed by atoms with van der Waals surface area (Å²) >= 11 is 0. The lowest BCUT2D eigenvalue weighted by molar-refractivity contribution is -0.143. The van der Waals surface area contributed by atoms with Crippen molar-refractivity contribution in [3.05, 3.63) is 70.8 Å². The monoisotopic (exact) mass is 504 g/mol. The predicted molar refractivity (Wildman–Crippen MR) is 115 cm³/mol. The molecule has 5 nitrogen and oxygen atoms in total. The number of piperidine rings is 1. The Bertz CT molecular complexity index is 970. The zero-order valence-corrected chi connectivity index (χ0v) is 19.1. The summed E-state index contributed by atoms with van der Waals surface area (Å²) in [5.41, 5.74) is -2.94. The van der Waals surface area contributed by atoms with E-state index in [4.69, 9.17) is 9.47 Å². The van der Waals surface area contributed by atoms with Gasteiger partial charge in [0, 0.05) is 13.6 Å². The lowest BCUT2D eigenvalue weighted by Crippen LogP contribution is -2.54. The van der Waals surface area contributed by atoms with Crippen molar-refractivity contribution in [2.75, 3.05) is 20.2 Å². The van der Waals surface area contributed by atoms with Gasteiger partial charge in [0.05, 0.1) is 29.4 Å². The van der Waals surface area contributed by atoms with E-state index in [0.717, 1.165) is 5.56 Å². The van der Waals surface area contributed by atoms with Crippen LogP contribution in [0.3, 0.4) is 0 Å². The van der Waals surface area contributed by atoms with Crippen LogP contribution in [0.25, 0.3) is 0 Å². The number of amides is 1. The molecule has 11 heteroatoms. The van der Waals surface area contributed by atoms with Gasteiger partial charge < -0.3 is 20.1 Å². The Labute approximate surface area is 198 Å². The van der Waals surface area contributed by atoms with Crippen LogP contribution < -0.4 is 10.6 Å². The highest BCUT2D eigenvalue weighted by Gasteiger charge is 2.40. The van der Waals surface area contributed by atoms with Gasteiger partial charge in [0.1, 0.15) is 6.10 Å². The van der Waals surface area contributed by atoms with Crippen LogP contribution in [-0.2, 0) is 27.4 Å². The van der Waals surface area contributed by atoms with Crippen LogP contribution in [-0.4, -0.2) is 32.4 Å². The van der Waals surface area contributed by atoms with Crippen molar-refractivity contribution < 1.29 is 40.6 Å². The number of benzene rings is 2. The van der Waals surface area contributed by atoms with Crippen molar-refractivity contribution in [2.45, 2.75) is 49.9 Å². The van der Waals surface area contributed by atoms with Gasteiger partial charge >= 0.3 is 18.4 Å². The normalized spacial score (nSPS) is 21.9. The summed E-state index contributed by atoms with van der Waals surface area (Å²) in [6.07, 6.45) is -11.0. The van der Waals surface area contributed by atoms with Crippen LogP contribution in [0.5, 0.6) is 0 Å². The first-order chi connectivity index (χ1) is 16.3. The van der Waals surface area contributed by atoms with Crippen LogP contribution in [0.15, 0.2) is 48.5 Å². The molecule has 35 heavy (non-hydrogen) atoms. The molecule has 0 aliphatic carbocycles. The van der Waals surface area contributed by atoms with Gasteiger partial charge in [-0.25, -0.2) is 4.79 Å². The first kappa shape index (κ1) is 26.8. The summed E-state index contributed by atoms with van der Waals surface area (Å²) in [6, 6.07) is 10.6. The van der Waals surface area contributed by atoms with E-state index in [1.165, 1.54) is 14.0 Å². The highest BCUT2D eigenvalue weighted by Crippen LogP contribution is 2.39. The first-order valence-corrected chi connectivity index (χ1v) is 10.9. The summed E-state index contributed by atoms with van der Waals surface area (Å²) in [6.45, 7) is 1.68. The second-order valence-electron chi connectivity index (χ2n) is 8.44. The minimum Gasteiger partial charge on any atom is -0.445 e. The number of ether oxygens (including phenoxy) is 2. The molecule has 1 fully saturated rings. The standard InChI is InChI=1S/C24H26F6N2O3/c1-15(16-10-18(23(25,26)27)12-19(11-16)24(28,29)30)34-14-22(17-6-4-3-5-7-17)9-8-20(13-32-22)35-21(33)31-2/h3-7,10-12,15,20,32H,8-9,13-14H2,1-2H3,(H,31,33)/t15-,20?,22-/m1/s1. The van der Waals surface area contributed by atoms with E-state index >= 15 is 0 Å². The van der Waals surface area contributed by atoms with Crippen LogP contribution in [0.4, 0.5) is 31.1 Å². The molecule has 0 spiro atoms. The van der Waals surface area contributed by atoms with Gasteiger partial charge in [0.15, 0.2) is 0 Å². The summed E-state index contributed by atoms with van der Waals surface area (Å²) in [7, 11) is 1.44. The average Bonchev–Trinajstić information content (AvgIpc) is 2.82. The third-order valence-corrected chi connectivity index (χ3v) is 6.02. The topological polar surface area (TPSA) is 59.6 Å². The van der Waals surface area contributed by atoms with E-state index in [2.05, 4.69) is 10.6 Å². The Morgan fingerprint density at radius 2 is 1.69 bits per heavy atom. The minimum absolute atomic E-state index is 0.0253. The second-order valence-corrected chi connectivity index (χ2v) is 8.44. The number of hydrogen-bond donors (Lipinski definition) is 2. The van der Waals surface area contributed by atoms with Crippen molar-refractivity contribution >= 4 is 6.09 Å². The van der Waals surface area contributed by atoms with Crippen molar-refractivity contribution in [3.8, 4) is 0 Å². The van der Waals surface area contributed by atoms with E-state index in [9.17, 15) is 31.1 Å². The van der Waals surface area contributed by atoms with Crippen molar-refractivity contribution in [2.24, 2.45) is 0 Å². The van der Waals surface area contributed by atoms with Crippen LogP contribution in [0.1, 0.15) is 48.1 Å². The van der Waals surface area contributed by atoms with Crippen LogP contribution >= 0.6 is 0 Å². The third-order valence-electron chi connectivity index (χ3n) is 6.02. The van der Waals surface area contributed by atoms with Crippen LogP contribution in [0, 0.1) is 0 Å². The molecule has 2 N–H and O–H groups in total. The molecule has 3 atom stereocenters. The van der Waals surface area contributed by atoms with Crippen molar-refractivity contribution in [1.82, 2.24) is 10.6 Å². The van der Waals surface area contributed by atoms with Crippen molar-refractivity contribution in [1.29, 1.82) is 0 Å². The number of carbonyl (C=O) groups is 1. The number of hydrogen-bond acceptors (Lipinski definition) is 4. The molecule has 0 radical (unpaired) electrons. The quantitative estimate of drug-likeness (QED) is 0.488. The molecule has 1 saturated heterocycles. The largest absolute Gasteiger partial charge is 0.445 e. The molecular formula is C24H26F6N2O3. The molecule has 1 aliphatic heterocycles. The molecule has 1 aliphatic rings. The van der Waals surface area contributed by atoms with Crippen LogP contribution in [0.2, 0.25) is 0 Å². The predicted octanol–water partition coefficient (Wildman–Crippen LogP) is 5.81. The summed E-state index contributed by atoms with van der Waals surface area (Å²) in [5.74, 6) is 0.